The van der Waals surface area contributed by atoms with E-state index >= 15 is 0 Å². The second kappa shape index (κ2) is 12.5. The Morgan fingerprint density at radius 2 is 1.58 bits per heavy atom. The van der Waals surface area contributed by atoms with Crippen LogP contribution in [0.15, 0.2) is 67.0 Å². The second-order valence-electron chi connectivity index (χ2n) is 7.93. The Labute approximate surface area is 229 Å². The van der Waals surface area contributed by atoms with Crippen molar-refractivity contribution >= 4 is 36.1 Å². The Balaban J connectivity index is 0.00000176. The van der Waals surface area contributed by atoms with Crippen molar-refractivity contribution in [2.24, 2.45) is 0 Å². The molecule has 190 valence electrons. The summed E-state index contributed by atoms with van der Waals surface area (Å²) in [4.78, 5) is 13.8. The summed E-state index contributed by atoms with van der Waals surface area (Å²) in [6.45, 7) is 7.93. The van der Waals surface area contributed by atoms with Crippen molar-refractivity contribution < 1.29 is 19.4 Å². The van der Waals surface area contributed by atoms with Gasteiger partial charge in [-0.25, -0.2) is 0 Å². The van der Waals surface area contributed by atoms with E-state index < -0.39 is 6.10 Å². The van der Waals surface area contributed by atoms with Crippen molar-refractivity contribution in [2.45, 2.75) is 33.8 Å². The molecule has 0 aliphatic heterocycles. The number of ketones is 1. The summed E-state index contributed by atoms with van der Waals surface area (Å²) in [6.07, 6.45) is 2.75. The van der Waals surface area contributed by atoms with Crippen LogP contribution in [-0.2, 0) is 0 Å². The molecule has 2 aromatic carbocycles. The second-order valence-corrected chi connectivity index (χ2v) is 9.64. The van der Waals surface area contributed by atoms with Crippen molar-refractivity contribution in [3.05, 3.63) is 101 Å². The van der Waals surface area contributed by atoms with Crippen LogP contribution >= 0.6 is 30.3 Å². The first-order chi connectivity index (χ1) is 17.4. The van der Waals surface area contributed by atoms with Gasteiger partial charge in [-0.2, -0.15) is 0 Å². The maximum absolute atomic E-state index is 13.8. The van der Waals surface area contributed by atoms with Crippen molar-refractivity contribution in [3.8, 4) is 17.2 Å². The zero-order valence-electron chi connectivity index (χ0n) is 21.3. The highest BCUT2D eigenvalue weighted by atomic mass is 127. The minimum atomic E-state index is -0.946. The van der Waals surface area contributed by atoms with E-state index in [2.05, 4.69) is 21.2 Å². The lowest BCUT2D eigenvalue weighted by atomic mass is 10.0. The number of halogens is 1. The van der Waals surface area contributed by atoms with Gasteiger partial charge in [0.1, 0.15) is 23.3 Å². The van der Waals surface area contributed by atoms with Crippen molar-refractivity contribution in [3.63, 3.8) is 0 Å². The number of ether oxygens (including phenoxy) is 2. The molecule has 1 unspecified atom stereocenters. The largest absolute Gasteiger partial charge is 0.496 e. The van der Waals surface area contributed by atoms with E-state index in [-0.39, 0.29) is 5.78 Å². The fourth-order valence-corrected chi connectivity index (χ4v) is 5.36. The van der Waals surface area contributed by atoms with E-state index in [0.29, 0.717) is 39.7 Å². The van der Waals surface area contributed by atoms with Gasteiger partial charge in [-0.3, -0.25) is 8.77 Å². The maximum atomic E-state index is 13.8. The molecule has 2 heterocycles. The van der Waals surface area contributed by atoms with Crippen molar-refractivity contribution in [1.82, 2.24) is 8.54 Å². The Morgan fingerprint density at radius 1 is 0.944 bits per heavy atom. The number of aromatic nitrogens is 2. The third kappa shape index (κ3) is 5.50. The average Bonchev–Trinajstić information content (AvgIpc) is 3.55. The van der Waals surface area contributed by atoms with Crippen LogP contribution in [-0.4, -0.2) is 33.6 Å². The minimum absolute atomic E-state index is 0.164. The van der Waals surface area contributed by atoms with Crippen molar-refractivity contribution in [2.75, 3.05) is 14.2 Å². The number of hydrogen-bond donors (Lipinski definition) is 1. The molecule has 0 bridgehead atoms. The zero-order chi connectivity index (χ0) is 26.4. The molecule has 0 aliphatic carbocycles. The summed E-state index contributed by atoms with van der Waals surface area (Å²) in [5.74, 6) is 0.976. The fourth-order valence-electron chi connectivity index (χ4n) is 4.03. The van der Waals surface area contributed by atoms with Crippen LogP contribution in [0.5, 0.6) is 11.5 Å². The van der Waals surface area contributed by atoms with Gasteiger partial charge in [0, 0.05) is 48.3 Å². The monoisotopic (exact) mass is 618 g/mol. The topological polar surface area (TPSA) is 65.6 Å². The van der Waals surface area contributed by atoms with Crippen LogP contribution in [0.3, 0.4) is 0 Å². The number of methoxy groups -OCH3 is 2. The van der Waals surface area contributed by atoms with Crippen LogP contribution in [0, 0.1) is 13.8 Å². The summed E-state index contributed by atoms with van der Waals surface area (Å²) in [7, 11) is 4.55. The Bertz CT molecular complexity index is 1350. The quantitative estimate of drug-likeness (QED) is 0.169. The smallest absolute Gasteiger partial charge is 0.216 e. The summed E-state index contributed by atoms with van der Waals surface area (Å²) in [6, 6.07) is 16.8. The van der Waals surface area contributed by atoms with Crippen LogP contribution in [0.4, 0.5) is 0 Å². The Hall–Kier alpha value is -2.69. The van der Waals surface area contributed by atoms with Crippen LogP contribution in [0.2, 0.25) is 0 Å². The summed E-state index contributed by atoms with van der Waals surface area (Å²) < 4.78 is 14.7. The molecule has 0 amide bonds. The third-order valence-corrected chi connectivity index (χ3v) is 7.45. The average molecular weight is 619 g/mol. The van der Waals surface area contributed by atoms with E-state index in [1.807, 2.05) is 97.2 Å². The molecule has 0 radical (unpaired) electrons. The number of nitrogens with zero attached hydrogens (tertiary/aromatic N) is 2. The standard InChI is InChI=1S/C26H25IN2O4S.C2H6/c1-16-7-9-18(22(14-16)32-3)25(30)21-6-5-12-28(21)20-11-13-29(34-27)24(20)26(31)19-10-8-17(2)15-23(19)33-4;1-2/h5-15,25,30H,1-4H3;1-2H3. The molecule has 0 saturated heterocycles. The number of aryl methyl sites for hydroxylation is 2. The molecular formula is C28H31IN2O4S. The van der Waals surface area contributed by atoms with Crippen LogP contribution in [0.1, 0.15) is 58.4 Å². The lowest BCUT2D eigenvalue weighted by Crippen LogP contribution is -2.13. The van der Waals surface area contributed by atoms with Gasteiger partial charge in [-0.15, -0.1) is 0 Å². The first-order valence-corrected chi connectivity index (χ1v) is 14.9. The van der Waals surface area contributed by atoms with Gasteiger partial charge in [0.15, 0.2) is 0 Å². The molecule has 2 aromatic heterocycles. The normalized spacial score (nSPS) is 11.4. The zero-order valence-corrected chi connectivity index (χ0v) is 24.3. The van der Waals surface area contributed by atoms with Crippen LogP contribution in [0.25, 0.3) is 5.69 Å². The molecule has 1 N–H and O–H groups in total. The Morgan fingerprint density at radius 3 is 2.22 bits per heavy atom. The predicted molar refractivity (Wildman–Crippen MR) is 155 cm³/mol. The number of carbonyl (C=O) groups is 1. The number of carbonyl (C=O) groups excluding carboxylic acids is 1. The minimum Gasteiger partial charge on any atom is -0.496 e. The molecule has 8 heteroatoms. The summed E-state index contributed by atoms with van der Waals surface area (Å²) in [5.41, 5.74) is 4.97. The van der Waals surface area contributed by atoms with Gasteiger partial charge in [0.05, 0.1) is 31.2 Å². The Kier molecular flexibility index (Phi) is 9.69. The lowest BCUT2D eigenvalue weighted by molar-refractivity contribution is 0.103. The number of aliphatic hydroxyl groups is 1. The van der Waals surface area contributed by atoms with Gasteiger partial charge >= 0.3 is 0 Å². The number of rotatable bonds is 8. The highest BCUT2D eigenvalue weighted by molar-refractivity contribution is 14.2. The van der Waals surface area contributed by atoms with E-state index in [4.69, 9.17) is 9.47 Å². The number of aliphatic hydroxyl groups excluding tert-OH is 1. The number of hydrogen-bond acceptors (Lipinski definition) is 5. The van der Waals surface area contributed by atoms with Gasteiger partial charge < -0.3 is 19.1 Å². The first-order valence-electron chi connectivity index (χ1n) is 11.6. The van der Waals surface area contributed by atoms with Gasteiger partial charge in [0.2, 0.25) is 5.78 Å². The van der Waals surface area contributed by atoms with E-state index in [9.17, 15) is 9.90 Å². The summed E-state index contributed by atoms with van der Waals surface area (Å²) >= 11 is 2.15. The molecule has 0 fully saturated rings. The molecule has 4 rings (SSSR count). The predicted octanol–water partition coefficient (Wildman–Crippen LogP) is 7.10. The number of benzene rings is 2. The lowest BCUT2D eigenvalue weighted by Gasteiger charge is -2.19. The molecule has 4 aromatic rings. The third-order valence-electron chi connectivity index (χ3n) is 5.73. The van der Waals surface area contributed by atoms with Gasteiger partial charge in [-0.1, -0.05) is 32.0 Å². The fraction of sp³-hybridized carbons (Fsp3) is 0.250. The molecular weight excluding hydrogens is 587 g/mol. The van der Waals surface area contributed by atoms with E-state index in [1.54, 1.807) is 20.3 Å². The highest BCUT2D eigenvalue weighted by Crippen LogP contribution is 2.35. The molecule has 0 aliphatic rings. The molecule has 0 saturated carbocycles. The molecule has 6 nitrogen and oxygen atoms in total. The van der Waals surface area contributed by atoms with Crippen LogP contribution < -0.4 is 9.47 Å². The molecule has 0 spiro atoms. The molecule has 36 heavy (non-hydrogen) atoms. The molecule has 1 atom stereocenters. The first kappa shape index (κ1) is 27.9. The van der Waals surface area contributed by atoms with Gasteiger partial charge in [-0.05, 0) is 61.4 Å². The van der Waals surface area contributed by atoms with E-state index in [0.717, 1.165) is 11.1 Å². The van der Waals surface area contributed by atoms with Crippen molar-refractivity contribution in [1.29, 1.82) is 0 Å². The van der Waals surface area contributed by atoms with E-state index in [1.165, 1.54) is 9.12 Å². The summed E-state index contributed by atoms with van der Waals surface area (Å²) in [5, 5.41) is 11.3. The maximum Gasteiger partial charge on any atom is 0.216 e. The SMILES string of the molecule is CC.COc1cc(C)ccc1C(=O)c1c(-n2cccc2C(O)c2ccc(C)cc2OC)ccn1SI. The van der Waals surface area contributed by atoms with Gasteiger partial charge in [0.25, 0.3) is 0 Å². The highest BCUT2D eigenvalue weighted by Gasteiger charge is 2.26.